The summed E-state index contributed by atoms with van der Waals surface area (Å²) in [6.07, 6.45) is 8.45. The number of carbonyl (C=O) groups excluding carboxylic acids is 6. The SMILES string of the molecule is CC(C)n1cnc2c(N)ncnc21.CC(C)n1cnc2c(NC(=O)c3ccccc3)ncnc21.CC(C)n1nnc(C(N)=O)c1-c1ccc(Cl)cc1.CC(C)n1nnc(C(N)=O)c1-c1ccccc1.CCCc1c(C(N)=O)nnn1C(C)C.COC(C)C.COc1ccc(-c2c(C(N)=O)nnn2C(C)C)cc1.Cc1c(C(N)=O)nnn1C(C)C. The molecule has 0 bridgehead atoms. The molecule has 13 rings (SSSR count). The number of hydrogen-bond acceptors (Lipinski definition) is 25. The molecule has 0 unspecified atom stereocenters. The van der Waals surface area contributed by atoms with E-state index in [4.69, 9.17) is 55.5 Å². The summed E-state index contributed by atoms with van der Waals surface area (Å²) in [6, 6.07) is 34.2. The van der Waals surface area contributed by atoms with Gasteiger partial charge in [-0.05, 0) is 173 Å². The first-order chi connectivity index (χ1) is 56.4. The molecule has 0 saturated heterocycles. The third-order valence-corrected chi connectivity index (χ3v) is 17.3. The number of amides is 6. The van der Waals surface area contributed by atoms with E-state index in [1.807, 2.05) is 198 Å². The molecule has 0 aliphatic heterocycles. The van der Waals surface area contributed by atoms with Crippen LogP contribution in [0.5, 0.6) is 5.75 Å². The van der Waals surface area contributed by atoms with Crippen LogP contribution in [0.1, 0.15) is 241 Å². The van der Waals surface area contributed by atoms with E-state index >= 15 is 0 Å². The van der Waals surface area contributed by atoms with Gasteiger partial charge >= 0.3 is 0 Å². The number of rotatable bonds is 21. The number of hydrogen-bond donors (Lipinski definition) is 7. The van der Waals surface area contributed by atoms with Crippen molar-refractivity contribution in [2.75, 3.05) is 25.3 Å². The number of ether oxygens (including phenoxy) is 2. The van der Waals surface area contributed by atoms with Gasteiger partial charge in [0.1, 0.15) is 41.0 Å². The summed E-state index contributed by atoms with van der Waals surface area (Å²) >= 11 is 5.85. The first-order valence-corrected chi connectivity index (χ1v) is 38.4. The van der Waals surface area contributed by atoms with Gasteiger partial charge in [0, 0.05) is 76.7 Å². The molecular formula is C80H107ClN30O8. The normalized spacial score (nSPS) is 10.8. The van der Waals surface area contributed by atoms with Crippen LogP contribution in [-0.2, 0) is 11.2 Å². The van der Waals surface area contributed by atoms with Gasteiger partial charge in [-0.1, -0.05) is 112 Å². The molecule has 4 aromatic carbocycles. The highest BCUT2D eigenvalue weighted by molar-refractivity contribution is 6.30. The minimum absolute atomic E-state index is 0.0799. The number of nitrogen functional groups attached to an aromatic ring is 1. The maximum atomic E-state index is 12.2. The summed E-state index contributed by atoms with van der Waals surface area (Å²) in [6.45, 7) is 35.8. The molecule has 6 amide bonds. The lowest BCUT2D eigenvalue weighted by Crippen LogP contribution is -2.16. The van der Waals surface area contributed by atoms with E-state index in [1.54, 1.807) is 81.5 Å². The smallest absolute Gasteiger partial charge is 0.271 e. The minimum atomic E-state index is -0.591. The second-order valence-corrected chi connectivity index (χ2v) is 29.0. The van der Waals surface area contributed by atoms with Crippen molar-refractivity contribution in [2.24, 2.45) is 28.7 Å². The zero-order valence-electron chi connectivity index (χ0n) is 70.6. The number of imidazole rings is 2. The fourth-order valence-electron chi connectivity index (χ4n) is 11.0. The highest BCUT2D eigenvalue weighted by atomic mass is 35.5. The van der Waals surface area contributed by atoms with Gasteiger partial charge in [0.05, 0.1) is 37.3 Å². The average Bonchev–Trinajstić information content (AvgIpc) is 1.69. The molecule has 0 aliphatic rings. The van der Waals surface area contributed by atoms with Crippen LogP contribution >= 0.6 is 11.6 Å². The highest BCUT2D eigenvalue weighted by Gasteiger charge is 2.25. The Hall–Kier alpha value is -13.7. The summed E-state index contributed by atoms with van der Waals surface area (Å²) < 4.78 is 22.2. The van der Waals surface area contributed by atoms with E-state index in [0.29, 0.717) is 73.8 Å². The molecule has 38 nitrogen and oxygen atoms in total. The van der Waals surface area contributed by atoms with Gasteiger partial charge in [0.2, 0.25) is 0 Å². The Morgan fingerprint density at radius 1 is 0.429 bits per heavy atom. The third-order valence-electron chi connectivity index (χ3n) is 17.0. The van der Waals surface area contributed by atoms with Gasteiger partial charge < -0.3 is 58.3 Å². The zero-order valence-corrected chi connectivity index (χ0v) is 71.4. The molecule has 119 heavy (non-hydrogen) atoms. The van der Waals surface area contributed by atoms with E-state index in [-0.39, 0.29) is 64.9 Å². The Morgan fingerprint density at radius 3 is 1.17 bits per heavy atom. The molecule has 13 aromatic rings. The van der Waals surface area contributed by atoms with Gasteiger partial charge in [-0.3, -0.25) is 28.8 Å². The van der Waals surface area contributed by atoms with Crippen molar-refractivity contribution in [1.29, 1.82) is 0 Å². The monoisotopic (exact) mass is 1650 g/mol. The lowest BCUT2D eigenvalue weighted by molar-refractivity contribution is 0.0986. The van der Waals surface area contributed by atoms with Crippen LogP contribution in [0.4, 0.5) is 11.6 Å². The Labute approximate surface area is 694 Å². The molecule has 0 atom stereocenters. The van der Waals surface area contributed by atoms with Crippen molar-refractivity contribution >= 4 is 81.0 Å². The summed E-state index contributed by atoms with van der Waals surface area (Å²) in [5.74, 6) is -1.37. The maximum absolute atomic E-state index is 12.2. The van der Waals surface area contributed by atoms with Crippen molar-refractivity contribution < 1.29 is 38.2 Å². The lowest BCUT2D eigenvalue weighted by Gasteiger charge is -2.10. The quantitative estimate of drug-likeness (QED) is 0.0351. The molecule has 9 aromatic heterocycles. The summed E-state index contributed by atoms with van der Waals surface area (Å²) in [5, 5.41) is 42.1. The van der Waals surface area contributed by atoms with Gasteiger partial charge in [-0.2, -0.15) is 0 Å². The zero-order chi connectivity index (χ0) is 88.2. The number of fused-ring (bicyclic) bond motifs is 2. The second-order valence-electron chi connectivity index (χ2n) is 28.6. The highest BCUT2D eigenvalue weighted by Crippen LogP contribution is 2.30. The van der Waals surface area contributed by atoms with E-state index in [1.165, 1.54) is 12.7 Å². The molecule has 0 fully saturated rings. The molecule has 0 spiro atoms. The molecular weight excluding hydrogens is 1540 g/mol. The van der Waals surface area contributed by atoms with Crippen LogP contribution in [-0.4, -0.2) is 170 Å². The number of primary amides is 5. The number of benzene rings is 4. The minimum Gasteiger partial charge on any atom is -0.497 e. The second kappa shape index (κ2) is 44.5. The number of nitrogens with zero attached hydrogens (tertiary/aromatic N) is 23. The van der Waals surface area contributed by atoms with E-state index < -0.39 is 29.5 Å². The number of carbonyl (C=O) groups is 6. The predicted octanol–water partition coefficient (Wildman–Crippen LogP) is 11.4. The van der Waals surface area contributed by atoms with Crippen LogP contribution < -0.4 is 44.5 Å². The number of nitrogens with one attached hydrogen (secondary N) is 1. The van der Waals surface area contributed by atoms with Crippen LogP contribution in [0.15, 0.2) is 135 Å². The fraction of sp³-hybridized carbons (Fsp3) is 0.375. The van der Waals surface area contributed by atoms with Crippen LogP contribution in [0.2, 0.25) is 5.02 Å². The number of nitrogens with two attached hydrogens (primary N) is 6. The Bertz CT molecular complexity index is 5450. The molecule has 39 heteroatoms. The molecule has 0 saturated carbocycles. The topological polar surface area (TPSA) is 530 Å². The molecule has 0 aliphatic carbocycles. The standard InChI is InChI=1S/C15H15N5O.C13H16N4O2.C12H13ClN4O.C12H14N4O.C9H16N4O.C8H11N5.C7H12N4O.C4H10O/c1-10(2)20-9-18-12-13(16-8-17-14(12)20)19-15(21)11-6-4-3-5-7-11;1-8(2)17-12(11(13(14)18)15-16-17)9-4-6-10(19-3)7-5-9;1-7(2)17-11(10(12(14)18)15-16-17)8-3-5-9(13)6-4-8;1-8(2)16-11(9-6-4-3-5-7-9)10(12(13)17)14-15-16;1-4-5-7-8(9(10)14)11-12-13(7)6(2)3;1-5(2)13-4-12-6-7(9)10-3-11-8(6)13;1-4(2)11-5(3)6(7(8)12)9-10-11;1-4(2)5-3/h3-10H,1-2H3,(H,16,17,19,21);4-8H,1-3H3,(H2,14,18);3-7H,1-2H3,(H2,14,18);3-8H,1-2H3,(H2,13,17);6H,4-5H2,1-3H3,(H2,10,14);3-5H,1-2H3,(H2,9,10,11);4H,1-3H3,(H2,8,12);4H,1-3H3. The van der Waals surface area contributed by atoms with E-state index in [2.05, 4.69) is 101 Å². The van der Waals surface area contributed by atoms with Crippen LogP contribution in [0, 0.1) is 6.92 Å². The number of anilines is 2. The molecule has 0 radical (unpaired) electrons. The van der Waals surface area contributed by atoms with Crippen molar-refractivity contribution in [2.45, 2.75) is 186 Å². The summed E-state index contributed by atoms with van der Waals surface area (Å²) in [5.41, 5.74) is 42.4. The molecule has 632 valence electrons. The van der Waals surface area contributed by atoms with Crippen molar-refractivity contribution in [3.63, 3.8) is 0 Å². The van der Waals surface area contributed by atoms with Gasteiger partial charge in [0.25, 0.3) is 35.4 Å². The number of aromatic nitrogens is 23. The lowest BCUT2D eigenvalue weighted by atomic mass is 10.1. The van der Waals surface area contributed by atoms with Crippen molar-refractivity contribution in [1.82, 2.24) is 114 Å². The van der Waals surface area contributed by atoms with Gasteiger partial charge in [-0.25, -0.2) is 53.3 Å². The van der Waals surface area contributed by atoms with Crippen molar-refractivity contribution in [3.05, 3.63) is 185 Å². The van der Waals surface area contributed by atoms with Gasteiger partial charge in [-0.15, -0.1) is 25.5 Å². The Kier molecular flexibility index (Phi) is 35.2. The first-order valence-electron chi connectivity index (χ1n) is 38.1. The fourth-order valence-corrected chi connectivity index (χ4v) is 11.1. The van der Waals surface area contributed by atoms with Crippen LogP contribution in [0.25, 0.3) is 56.1 Å². The number of halogens is 1. The van der Waals surface area contributed by atoms with E-state index in [0.717, 1.165) is 52.3 Å². The summed E-state index contributed by atoms with van der Waals surface area (Å²) in [4.78, 5) is 93.0. The predicted molar refractivity (Wildman–Crippen MR) is 454 cm³/mol. The average molecular weight is 1650 g/mol. The first kappa shape index (κ1) is 94.2. The Morgan fingerprint density at radius 2 is 0.790 bits per heavy atom. The van der Waals surface area contributed by atoms with Crippen molar-refractivity contribution in [3.8, 4) is 39.5 Å². The number of methoxy groups -OCH3 is 2. The maximum Gasteiger partial charge on any atom is 0.271 e. The van der Waals surface area contributed by atoms with Crippen LogP contribution in [0.3, 0.4) is 0 Å². The summed E-state index contributed by atoms with van der Waals surface area (Å²) in [7, 11) is 3.30. The molecule has 9 heterocycles. The van der Waals surface area contributed by atoms with E-state index in [9.17, 15) is 28.8 Å². The molecule has 13 N–H and O–H groups in total. The largest absolute Gasteiger partial charge is 0.497 e. The van der Waals surface area contributed by atoms with Gasteiger partial charge in [0.15, 0.2) is 56.9 Å². The third kappa shape index (κ3) is 25.2. The Balaban J connectivity index is 0.000000215.